The van der Waals surface area contributed by atoms with Crippen molar-refractivity contribution in [2.45, 2.75) is 66.0 Å². The van der Waals surface area contributed by atoms with Gasteiger partial charge in [-0.25, -0.2) is 4.98 Å². The first-order chi connectivity index (χ1) is 16.8. The van der Waals surface area contributed by atoms with Crippen LogP contribution in [0, 0.1) is 6.92 Å². The van der Waals surface area contributed by atoms with Crippen LogP contribution in [0.15, 0.2) is 18.2 Å². The SMILES string of the molecule is CCCC(CCO)Nc1nc(N)nc(C)c1Cc1ccc(CN(CC)CC(=O)OCC)cc1OC. The first-order valence-electron chi connectivity index (χ1n) is 12.4. The summed E-state index contributed by atoms with van der Waals surface area (Å²) < 4.78 is 10.8. The number of hydrogen-bond donors (Lipinski definition) is 3. The number of nitrogen functional groups attached to an aromatic ring is 1. The van der Waals surface area contributed by atoms with Crippen molar-refractivity contribution in [1.82, 2.24) is 14.9 Å². The Morgan fingerprint density at radius 2 is 2.00 bits per heavy atom. The third-order valence-corrected chi connectivity index (χ3v) is 5.92. The van der Waals surface area contributed by atoms with E-state index in [1.807, 2.05) is 37.8 Å². The van der Waals surface area contributed by atoms with E-state index in [1.54, 1.807) is 7.11 Å². The first-order valence-corrected chi connectivity index (χ1v) is 12.4. The second kappa shape index (κ2) is 14.5. The summed E-state index contributed by atoms with van der Waals surface area (Å²) in [6, 6.07) is 6.21. The lowest BCUT2D eigenvalue weighted by Crippen LogP contribution is -2.30. The van der Waals surface area contributed by atoms with E-state index in [-0.39, 0.29) is 31.1 Å². The normalized spacial score (nSPS) is 12.0. The van der Waals surface area contributed by atoms with Gasteiger partial charge in [0.2, 0.25) is 5.95 Å². The van der Waals surface area contributed by atoms with Crippen LogP contribution in [0.5, 0.6) is 5.75 Å². The Morgan fingerprint density at radius 1 is 1.23 bits per heavy atom. The van der Waals surface area contributed by atoms with Crippen molar-refractivity contribution in [3.63, 3.8) is 0 Å². The van der Waals surface area contributed by atoms with Crippen LogP contribution in [0.1, 0.15) is 62.4 Å². The first kappa shape index (κ1) is 28.3. The lowest BCUT2D eigenvalue weighted by molar-refractivity contribution is -0.144. The van der Waals surface area contributed by atoms with Crippen LogP contribution in [-0.4, -0.2) is 65.4 Å². The number of aromatic nitrogens is 2. The molecule has 0 radical (unpaired) electrons. The molecule has 9 heteroatoms. The summed E-state index contributed by atoms with van der Waals surface area (Å²) in [7, 11) is 1.66. The number of benzene rings is 1. The molecule has 0 spiro atoms. The molecule has 0 aliphatic heterocycles. The average molecular weight is 488 g/mol. The zero-order valence-corrected chi connectivity index (χ0v) is 21.8. The van der Waals surface area contributed by atoms with Crippen molar-refractivity contribution in [3.05, 3.63) is 40.6 Å². The number of methoxy groups -OCH3 is 1. The summed E-state index contributed by atoms with van der Waals surface area (Å²) in [5, 5.41) is 12.9. The maximum absolute atomic E-state index is 11.9. The van der Waals surface area contributed by atoms with E-state index >= 15 is 0 Å². The van der Waals surface area contributed by atoms with Crippen molar-refractivity contribution >= 4 is 17.7 Å². The van der Waals surface area contributed by atoms with Gasteiger partial charge in [0.05, 0.1) is 20.3 Å². The molecule has 0 saturated carbocycles. The highest BCUT2D eigenvalue weighted by Gasteiger charge is 2.18. The molecule has 9 nitrogen and oxygen atoms in total. The summed E-state index contributed by atoms with van der Waals surface area (Å²) in [6.45, 7) is 9.94. The number of carbonyl (C=O) groups is 1. The highest BCUT2D eigenvalue weighted by atomic mass is 16.5. The Kier molecular flexibility index (Phi) is 11.7. The van der Waals surface area contributed by atoms with E-state index in [0.29, 0.717) is 31.8 Å². The topological polar surface area (TPSA) is 123 Å². The van der Waals surface area contributed by atoms with Gasteiger partial charge >= 0.3 is 5.97 Å². The molecule has 0 saturated heterocycles. The van der Waals surface area contributed by atoms with Gasteiger partial charge in [-0.15, -0.1) is 0 Å². The number of anilines is 2. The predicted octanol–water partition coefficient (Wildman–Crippen LogP) is 3.31. The predicted molar refractivity (Wildman–Crippen MR) is 139 cm³/mol. The number of likely N-dealkylation sites (N-methyl/N-ethyl adjacent to an activating group) is 1. The molecular weight excluding hydrogens is 446 g/mol. The number of carbonyl (C=O) groups excluding carboxylic acids is 1. The van der Waals surface area contributed by atoms with Gasteiger partial charge in [-0.05, 0) is 50.4 Å². The Morgan fingerprint density at radius 3 is 2.63 bits per heavy atom. The van der Waals surface area contributed by atoms with Crippen LogP contribution in [0.4, 0.5) is 11.8 Å². The van der Waals surface area contributed by atoms with Crippen LogP contribution in [0.25, 0.3) is 0 Å². The van der Waals surface area contributed by atoms with Crippen LogP contribution in [0.2, 0.25) is 0 Å². The fourth-order valence-electron chi connectivity index (χ4n) is 4.09. The van der Waals surface area contributed by atoms with Gasteiger partial charge in [-0.3, -0.25) is 9.69 Å². The molecular formula is C26H41N5O4. The minimum atomic E-state index is -0.223. The lowest BCUT2D eigenvalue weighted by atomic mass is 10.0. The maximum Gasteiger partial charge on any atom is 0.320 e. The van der Waals surface area contributed by atoms with Gasteiger partial charge in [0.15, 0.2) is 0 Å². The standard InChI is InChI=1S/C26H41N5O4/c1-6-9-21(12-13-32)29-25-22(18(4)28-26(27)30-25)15-20-11-10-19(14-23(20)34-5)16-31(7-2)17-24(33)35-8-3/h10-11,14,21,32H,6-9,12-13,15-17H2,1-5H3,(H3,27,28,29,30). The smallest absolute Gasteiger partial charge is 0.320 e. The number of nitrogens with one attached hydrogen (secondary N) is 1. The molecule has 1 aromatic carbocycles. The van der Waals surface area contributed by atoms with Crippen LogP contribution >= 0.6 is 0 Å². The van der Waals surface area contributed by atoms with Crippen LogP contribution < -0.4 is 15.8 Å². The summed E-state index contributed by atoms with van der Waals surface area (Å²) in [5.74, 6) is 1.45. The molecule has 1 unspecified atom stereocenters. The quantitative estimate of drug-likeness (QED) is 0.325. The number of nitrogens with two attached hydrogens (primary N) is 1. The minimum Gasteiger partial charge on any atom is -0.496 e. The molecule has 1 atom stereocenters. The number of aryl methyl sites for hydroxylation is 1. The van der Waals surface area contributed by atoms with E-state index < -0.39 is 0 Å². The summed E-state index contributed by atoms with van der Waals surface area (Å²) in [6.07, 6.45) is 3.11. The van der Waals surface area contributed by atoms with Crippen molar-refractivity contribution < 1.29 is 19.4 Å². The molecule has 1 heterocycles. The molecule has 1 aromatic heterocycles. The molecule has 4 N–H and O–H groups in total. The van der Waals surface area contributed by atoms with Crippen LogP contribution in [-0.2, 0) is 22.5 Å². The van der Waals surface area contributed by atoms with Gasteiger partial charge in [-0.2, -0.15) is 4.98 Å². The van der Waals surface area contributed by atoms with E-state index in [4.69, 9.17) is 15.2 Å². The van der Waals surface area contributed by atoms with E-state index in [2.05, 4.69) is 28.3 Å². The molecule has 2 aromatic rings. The van der Waals surface area contributed by atoms with Crippen molar-refractivity contribution in [2.75, 3.05) is 44.5 Å². The van der Waals surface area contributed by atoms with Crippen LogP contribution in [0.3, 0.4) is 0 Å². The van der Waals surface area contributed by atoms with Gasteiger partial charge < -0.3 is 25.6 Å². The molecule has 0 fully saturated rings. The minimum absolute atomic E-state index is 0.0983. The zero-order chi connectivity index (χ0) is 25.8. The fraction of sp³-hybridized carbons (Fsp3) is 0.577. The molecule has 0 aliphatic carbocycles. The number of esters is 1. The lowest BCUT2D eigenvalue weighted by Gasteiger charge is -2.22. The van der Waals surface area contributed by atoms with Crippen molar-refractivity contribution in [1.29, 1.82) is 0 Å². The van der Waals surface area contributed by atoms with Crippen molar-refractivity contribution in [2.24, 2.45) is 0 Å². The molecule has 0 bridgehead atoms. The zero-order valence-electron chi connectivity index (χ0n) is 21.8. The Balaban J connectivity index is 2.28. The maximum atomic E-state index is 11.9. The molecule has 2 rings (SSSR count). The molecule has 194 valence electrons. The van der Waals surface area contributed by atoms with Crippen molar-refractivity contribution in [3.8, 4) is 5.75 Å². The highest BCUT2D eigenvalue weighted by molar-refractivity contribution is 5.71. The third kappa shape index (κ3) is 8.67. The summed E-state index contributed by atoms with van der Waals surface area (Å²) >= 11 is 0. The highest BCUT2D eigenvalue weighted by Crippen LogP contribution is 2.28. The average Bonchev–Trinajstić information content (AvgIpc) is 2.81. The van der Waals surface area contributed by atoms with E-state index in [1.165, 1.54) is 0 Å². The Labute approximate surface area is 209 Å². The number of nitrogens with zero attached hydrogens (tertiary/aromatic N) is 3. The fourth-order valence-corrected chi connectivity index (χ4v) is 4.09. The Bertz CT molecular complexity index is 948. The number of rotatable bonds is 15. The number of aliphatic hydroxyl groups excluding tert-OH is 1. The number of hydrogen-bond acceptors (Lipinski definition) is 9. The van der Waals surface area contributed by atoms with E-state index in [0.717, 1.165) is 47.5 Å². The van der Waals surface area contributed by atoms with Gasteiger partial charge in [0.25, 0.3) is 0 Å². The second-order valence-electron chi connectivity index (χ2n) is 8.57. The second-order valence-corrected chi connectivity index (χ2v) is 8.57. The van der Waals surface area contributed by atoms with Gasteiger partial charge in [-0.1, -0.05) is 32.4 Å². The molecule has 0 amide bonds. The largest absolute Gasteiger partial charge is 0.496 e. The summed E-state index contributed by atoms with van der Waals surface area (Å²) in [5.41, 5.74) is 9.76. The Hall–Kier alpha value is -2.91. The molecule has 0 aliphatic rings. The van der Waals surface area contributed by atoms with E-state index in [9.17, 15) is 9.90 Å². The summed E-state index contributed by atoms with van der Waals surface area (Å²) in [4.78, 5) is 22.8. The number of aliphatic hydroxyl groups is 1. The number of ether oxygens (including phenoxy) is 2. The third-order valence-electron chi connectivity index (χ3n) is 5.92. The monoisotopic (exact) mass is 487 g/mol. The van der Waals surface area contributed by atoms with Gasteiger partial charge in [0, 0.05) is 36.9 Å². The molecule has 35 heavy (non-hydrogen) atoms. The van der Waals surface area contributed by atoms with Gasteiger partial charge in [0.1, 0.15) is 11.6 Å².